The average molecular weight is 364 g/mol. The van der Waals surface area contributed by atoms with Crippen molar-refractivity contribution in [2.45, 2.75) is 75.8 Å². The summed E-state index contributed by atoms with van der Waals surface area (Å²) in [5.41, 5.74) is 1.29. The van der Waals surface area contributed by atoms with Crippen molar-refractivity contribution in [3.05, 3.63) is 10.4 Å². The Kier molecular flexibility index (Phi) is 4.47. The number of hydrogen-bond acceptors (Lipinski definition) is 6. The number of nitrogens with zero attached hydrogens (tertiary/aromatic N) is 2. The highest BCUT2D eigenvalue weighted by Crippen LogP contribution is 2.41. The van der Waals surface area contributed by atoms with Gasteiger partial charge in [0.05, 0.1) is 17.6 Å². The van der Waals surface area contributed by atoms with Gasteiger partial charge in [-0.1, -0.05) is 31.0 Å². The van der Waals surface area contributed by atoms with Gasteiger partial charge in [-0.15, -0.1) is 11.3 Å². The summed E-state index contributed by atoms with van der Waals surface area (Å²) in [7, 11) is 0. The van der Waals surface area contributed by atoms with E-state index < -0.39 is 0 Å². The zero-order valence-corrected chi connectivity index (χ0v) is 16.3. The first-order valence-corrected chi connectivity index (χ1v) is 10.9. The van der Waals surface area contributed by atoms with Gasteiger partial charge in [-0.05, 0) is 38.5 Å². The molecule has 0 saturated heterocycles. The van der Waals surface area contributed by atoms with E-state index in [-0.39, 0.29) is 5.60 Å². The third kappa shape index (κ3) is 3.16. The molecule has 1 aliphatic heterocycles. The molecule has 0 bridgehead atoms. The summed E-state index contributed by atoms with van der Waals surface area (Å²) >= 11 is 3.40. The first-order chi connectivity index (χ1) is 11.6. The quantitative estimate of drug-likeness (QED) is 0.613. The Morgan fingerprint density at radius 3 is 2.75 bits per heavy atom. The molecule has 1 fully saturated rings. The molecule has 2 aromatic rings. The maximum atomic E-state index is 6.00. The van der Waals surface area contributed by atoms with E-state index in [0.717, 1.165) is 22.2 Å². The lowest BCUT2D eigenvalue weighted by atomic mass is 9.93. The smallest absolute Gasteiger partial charge is 0.190 e. The van der Waals surface area contributed by atoms with Gasteiger partial charge in [0.25, 0.3) is 0 Å². The van der Waals surface area contributed by atoms with E-state index >= 15 is 0 Å². The average Bonchev–Trinajstić information content (AvgIpc) is 2.92. The Hall–Kier alpha value is -0.850. The lowest BCUT2D eigenvalue weighted by Crippen LogP contribution is -2.31. The van der Waals surface area contributed by atoms with Crippen LogP contribution in [0.25, 0.3) is 10.2 Å². The number of fused-ring (bicyclic) bond motifs is 3. The van der Waals surface area contributed by atoms with Crippen molar-refractivity contribution in [3.63, 3.8) is 0 Å². The van der Waals surface area contributed by atoms with E-state index in [1.807, 2.05) is 6.26 Å². The summed E-state index contributed by atoms with van der Waals surface area (Å²) in [6.45, 7) is 5.04. The molecule has 4 nitrogen and oxygen atoms in total. The fourth-order valence-corrected chi connectivity index (χ4v) is 5.29. The number of aromatic nitrogens is 2. The predicted molar refractivity (Wildman–Crippen MR) is 102 cm³/mol. The molecule has 0 atom stereocenters. The minimum absolute atomic E-state index is 0.110. The summed E-state index contributed by atoms with van der Waals surface area (Å²) in [6.07, 6.45) is 9.50. The van der Waals surface area contributed by atoms with E-state index in [9.17, 15) is 0 Å². The molecule has 130 valence electrons. The minimum atomic E-state index is -0.110. The maximum absolute atomic E-state index is 6.00. The van der Waals surface area contributed by atoms with Crippen LogP contribution < -0.4 is 5.32 Å². The Bertz CT molecular complexity index is 750. The van der Waals surface area contributed by atoms with Crippen molar-refractivity contribution in [1.29, 1.82) is 0 Å². The SMILES string of the molecule is CSc1nc(NC2CCCCC2)c2c3c(sc2n1)COC(C)(C)C3. The van der Waals surface area contributed by atoms with Crippen LogP contribution in [0.1, 0.15) is 56.4 Å². The van der Waals surface area contributed by atoms with Crippen LogP contribution in [0.15, 0.2) is 5.16 Å². The second-order valence-corrected chi connectivity index (χ2v) is 9.30. The van der Waals surface area contributed by atoms with Gasteiger partial charge < -0.3 is 10.1 Å². The molecule has 0 spiro atoms. The largest absolute Gasteiger partial charge is 0.370 e. The minimum Gasteiger partial charge on any atom is -0.370 e. The molecule has 3 heterocycles. The zero-order chi connectivity index (χ0) is 16.7. The fourth-order valence-electron chi connectivity index (χ4n) is 3.76. The summed E-state index contributed by atoms with van der Waals surface area (Å²) in [4.78, 5) is 12.1. The van der Waals surface area contributed by atoms with Gasteiger partial charge in [0, 0.05) is 17.3 Å². The van der Waals surface area contributed by atoms with Crippen LogP contribution in [0.4, 0.5) is 5.82 Å². The number of thiophene rings is 1. The molecule has 0 amide bonds. The summed E-state index contributed by atoms with van der Waals surface area (Å²) in [5.74, 6) is 1.05. The van der Waals surface area contributed by atoms with E-state index in [0.29, 0.717) is 12.6 Å². The standard InChI is InChI=1S/C18H25N3OS2/c1-18(2)9-12-13(10-22-18)24-16-14(12)15(20-17(21-16)23-3)19-11-7-5-4-6-8-11/h11H,4-10H2,1-3H3,(H,19,20,21). The molecule has 0 radical (unpaired) electrons. The van der Waals surface area contributed by atoms with Crippen LogP contribution in [-0.4, -0.2) is 27.9 Å². The van der Waals surface area contributed by atoms with Crippen LogP contribution in [0, 0.1) is 0 Å². The Balaban J connectivity index is 1.79. The third-order valence-electron chi connectivity index (χ3n) is 5.04. The number of ether oxygens (including phenoxy) is 1. The van der Waals surface area contributed by atoms with Gasteiger partial charge in [0.1, 0.15) is 10.6 Å². The van der Waals surface area contributed by atoms with Crippen molar-refractivity contribution in [3.8, 4) is 0 Å². The van der Waals surface area contributed by atoms with Gasteiger partial charge in [-0.3, -0.25) is 0 Å². The van der Waals surface area contributed by atoms with Gasteiger partial charge in [0.2, 0.25) is 0 Å². The second-order valence-electron chi connectivity index (χ2n) is 7.45. The van der Waals surface area contributed by atoms with Gasteiger partial charge >= 0.3 is 0 Å². The highest BCUT2D eigenvalue weighted by atomic mass is 32.2. The van der Waals surface area contributed by atoms with Crippen LogP contribution in [-0.2, 0) is 17.8 Å². The van der Waals surface area contributed by atoms with Crippen molar-refractivity contribution in [2.75, 3.05) is 11.6 Å². The first kappa shape index (κ1) is 16.6. The van der Waals surface area contributed by atoms with Crippen LogP contribution in [0.5, 0.6) is 0 Å². The van der Waals surface area contributed by atoms with Crippen molar-refractivity contribution in [1.82, 2.24) is 9.97 Å². The van der Waals surface area contributed by atoms with Gasteiger partial charge in [-0.25, -0.2) is 9.97 Å². The summed E-state index contributed by atoms with van der Waals surface area (Å²) in [5, 5.41) is 5.87. The lowest BCUT2D eigenvalue weighted by molar-refractivity contribution is -0.0379. The number of thioether (sulfide) groups is 1. The molecule has 1 aliphatic carbocycles. The summed E-state index contributed by atoms with van der Waals surface area (Å²) in [6, 6.07) is 0.551. The molecular formula is C18H25N3OS2. The first-order valence-electron chi connectivity index (χ1n) is 8.82. The molecule has 2 aromatic heterocycles. The van der Waals surface area contributed by atoms with E-state index in [1.165, 1.54) is 47.9 Å². The maximum Gasteiger partial charge on any atom is 0.190 e. The van der Waals surface area contributed by atoms with Gasteiger partial charge in [-0.2, -0.15) is 0 Å². The van der Waals surface area contributed by atoms with Crippen LogP contribution in [0.3, 0.4) is 0 Å². The molecule has 4 rings (SSSR count). The number of hydrogen-bond donors (Lipinski definition) is 1. The molecule has 6 heteroatoms. The van der Waals surface area contributed by atoms with Crippen molar-refractivity contribution >= 4 is 39.1 Å². The summed E-state index contributed by atoms with van der Waals surface area (Å²) < 4.78 is 6.00. The molecule has 1 saturated carbocycles. The molecule has 2 aliphatic rings. The lowest BCUT2D eigenvalue weighted by Gasteiger charge is -2.30. The van der Waals surface area contributed by atoms with E-state index in [2.05, 4.69) is 19.2 Å². The van der Waals surface area contributed by atoms with Gasteiger partial charge in [0.15, 0.2) is 5.16 Å². The second kappa shape index (κ2) is 6.46. The highest BCUT2D eigenvalue weighted by molar-refractivity contribution is 7.98. The third-order valence-corrected chi connectivity index (χ3v) is 6.69. The van der Waals surface area contributed by atoms with Crippen LogP contribution in [0.2, 0.25) is 0 Å². The number of rotatable bonds is 3. The molecule has 0 aromatic carbocycles. The molecule has 24 heavy (non-hydrogen) atoms. The number of anilines is 1. The molecule has 1 N–H and O–H groups in total. The van der Waals surface area contributed by atoms with Crippen molar-refractivity contribution < 1.29 is 4.74 Å². The fraction of sp³-hybridized carbons (Fsp3) is 0.667. The van der Waals surface area contributed by atoms with E-state index in [1.54, 1.807) is 23.1 Å². The number of nitrogens with one attached hydrogen (secondary N) is 1. The topological polar surface area (TPSA) is 47.0 Å². The van der Waals surface area contributed by atoms with Crippen LogP contribution >= 0.6 is 23.1 Å². The van der Waals surface area contributed by atoms with Crippen molar-refractivity contribution in [2.24, 2.45) is 0 Å². The molecule has 0 unspecified atom stereocenters. The monoisotopic (exact) mass is 363 g/mol. The zero-order valence-electron chi connectivity index (χ0n) is 14.6. The Morgan fingerprint density at radius 2 is 2.00 bits per heavy atom. The normalized spacial score (nSPS) is 21.0. The predicted octanol–water partition coefficient (Wildman–Crippen LogP) is 5.01. The Labute approximate surface area is 151 Å². The highest BCUT2D eigenvalue weighted by Gasteiger charge is 2.31. The molecular weight excluding hydrogens is 338 g/mol. The van der Waals surface area contributed by atoms with E-state index in [4.69, 9.17) is 14.7 Å². The Morgan fingerprint density at radius 1 is 1.21 bits per heavy atom.